The predicted molar refractivity (Wildman–Crippen MR) is 122 cm³/mol. The number of hydrogen-bond acceptors (Lipinski definition) is 3. The molecule has 7 heteroatoms. The molecule has 1 aliphatic carbocycles. The summed E-state index contributed by atoms with van der Waals surface area (Å²) in [5.74, 6) is 0.442. The molecule has 1 aromatic heterocycles. The fourth-order valence-corrected chi connectivity index (χ4v) is 5.75. The fourth-order valence-electron chi connectivity index (χ4n) is 5.45. The molecule has 0 unspecified atom stereocenters. The van der Waals surface area contributed by atoms with Crippen molar-refractivity contribution in [1.29, 1.82) is 0 Å². The average Bonchev–Trinajstić information content (AvgIpc) is 3.01. The Hall–Kier alpha value is -1.76. The van der Waals surface area contributed by atoms with Crippen LogP contribution in [0.25, 0.3) is 10.9 Å². The molecule has 0 saturated carbocycles. The first-order valence-corrected chi connectivity index (χ1v) is 11.7. The highest BCUT2D eigenvalue weighted by atomic mass is 35.5. The van der Waals surface area contributed by atoms with E-state index in [4.69, 9.17) is 11.6 Å². The maximum Gasteiger partial charge on any atom is 0.336 e. The van der Waals surface area contributed by atoms with E-state index >= 15 is 0 Å². The number of benzene rings is 1. The first-order chi connectivity index (χ1) is 14.5. The van der Waals surface area contributed by atoms with Gasteiger partial charge in [-0.25, -0.2) is 14.9 Å². The van der Waals surface area contributed by atoms with Gasteiger partial charge < -0.3 is 10.0 Å². The maximum absolute atomic E-state index is 12.8. The number of rotatable bonds is 6. The number of hydrogen-bond donors (Lipinski definition) is 2. The van der Waals surface area contributed by atoms with Gasteiger partial charge in [0, 0.05) is 36.0 Å². The largest absolute Gasteiger partial charge is 0.392 e. The summed E-state index contributed by atoms with van der Waals surface area (Å²) in [6, 6.07) is 4.38. The van der Waals surface area contributed by atoms with E-state index < -0.39 is 0 Å². The Labute approximate surface area is 183 Å². The van der Waals surface area contributed by atoms with Gasteiger partial charge in [0.2, 0.25) is 0 Å². The Morgan fingerprint density at radius 3 is 2.73 bits per heavy atom. The van der Waals surface area contributed by atoms with Crippen LogP contribution in [0, 0.1) is 0 Å². The van der Waals surface area contributed by atoms with Gasteiger partial charge in [0.15, 0.2) is 0 Å². The molecule has 2 aromatic rings. The third-order valence-electron chi connectivity index (χ3n) is 6.85. The van der Waals surface area contributed by atoms with Crippen LogP contribution in [-0.4, -0.2) is 57.8 Å². The summed E-state index contributed by atoms with van der Waals surface area (Å²) in [7, 11) is 0. The molecule has 2 atom stereocenters. The first-order valence-electron chi connectivity index (χ1n) is 11.3. The second-order valence-corrected chi connectivity index (χ2v) is 8.85. The predicted octanol–water partition coefficient (Wildman–Crippen LogP) is 4.31. The number of carbonyl (C=O) groups excluding carboxylic acids is 1. The van der Waals surface area contributed by atoms with Crippen LogP contribution in [0.1, 0.15) is 62.6 Å². The minimum absolute atomic E-state index is 0.0267. The highest BCUT2D eigenvalue weighted by Crippen LogP contribution is 2.47. The Balaban J connectivity index is 1.84. The van der Waals surface area contributed by atoms with E-state index in [1.54, 1.807) is 9.58 Å². The first kappa shape index (κ1) is 21.5. The Morgan fingerprint density at radius 2 is 2.07 bits per heavy atom. The van der Waals surface area contributed by atoms with Crippen molar-refractivity contribution < 1.29 is 9.90 Å². The summed E-state index contributed by atoms with van der Waals surface area (Å²) in [6.45, 7) is 9.63. The topological polar surface area (TPSA) is 60.7 Å². The lowest BCUT2D eigenvalue weighted by Crippen LogP contribution is -2.47. The van der Waals surface area contributed by atoms with Crippen molar-refractivity contribution in [1.82, 2.24) is 14.5 Å². The maximum atomic E-state index is 12.8. The van der Waals surface area contributed by atoms with Crippen LogP contribution in [0.4, 0.5) is 4.79 Å². The zero-order chi connectivity index (χ0) is 21.4. The molecule has 2 heterocycles. The van der Waals surface area contributed by atoms with Crippen molar-refractivity contribution in [3.05, 3.63) is 34.0 Å². The summed E-state index contributed by atoms with van der Waals surface area (Å²) < 4.78 is 1.73. The van der Waals surface area contributed by atoms with Gasteiger partial charge >= 0.3 is 6.03 Å². The van der Waals surface area contributed by atoms with Gasteiger partial charge in [0.1, 0.15) is 5.15 Å². The second kappa shape index (κ2) is 8.77. The van der Waals surface area contributed by atoms with Crippen LogP contribution >= 0.6 is 11.6 Å². The SMILES string of the molecule is CCCN1CCC[C@@H]2c3cc(CO)cc4c3c(c(Cl)n4NC(=O)N(CC)CC)C[C@H]21. The Bertz CT molecular complexity index is 935. The van der Waals surface area contributed by atoms with E-state index in [9.17, 15) is 9.90 Å². The number of amides is 2. The number of aliphatic hydroxyl groups excluding tert-OH is 1. The van der Waals surface area contributed by atoms with Crippen molar-refractivity contribution in [2.75, 3.05) is 31.6 Å². The summed E-state index contributed by atoms with van der Waals surface area (Å²) in [5.41, 5.74) is 7.17. The quantitative estimate of drug-likeness (QED) is 0.715. The molecular formula is C23H33ClN4O2. The molecule has 0 spiro atoms. The zero-order valence-corrected chi connectivity index (χ0v) is 19.0. The number of urea groups is 1. The number of carbonyl (C=O) groups is 1. The van der Waals surface area contributed by atoms with E-state index in [1.165, 1.54) is 12.0 Å². The molecule has 1 aliphatic heterocycles. The van der Waals surface area contributed by atoms with Crippen LogP contribution in [0.5, 0.6) is 0 Å². The van der Waals surface area contributed by atoms with Crippen molar-refractivity contribution >= 4 is 28.5 Å². The van der Waals surface area contributed by atoms with Crippen molar-refractivity contribution in [2.24, 2.45) is 0 Å². The van der Waals surface area contributed by atoms with Gasteiger partial charge in [-0.2, -0.15) is 0 Å². The van der Waals surface area contributed by atoms with Crippen LogP contribution in [0.2, 0.25) is 5.15 Å². The molecule has 1 saturated heterocycles. The van der Waals surface area contributed by atoms with Crippen LogP contribution in [0.3, 0.4) is 0 Å². The van der Waals surface area contributed by atoms with Crippen LogP contribution in [0.15, 0.2) is 12.1 Å². The number of aromatic nitrogens is 1. The van der Waals surface area contributed by atoms with E-state index in [0.29, 0.717) is 30.2 Å². The Morgan fingerprint density at radius 1 is 1.30 bits per heavy atom. The summed E-state index contributed by atoms with van der Waals surface area (Å²) in [6.07, 6.45) is 4.38. The summed E-state index contributed by atoms with van der Waals surface area (Å²) >= 11 is 6.89. The summed E-state index contributed by atoms with van der Waals surface area (Å²) in [5, 5.41) is 11.7. The summed E-state index contributed by atoms with van der Waals surface area (Å²) in [4.78, 5) is 17.1. The van der Waals surface area contributed by atoms with Gasteiger partial charge in [0.25, 0.3) is 0 Å². The molecule has 6 nitrogen and oxygen atoms in total. The van der Waals surface area contributed by atoms with Crippen molar-refractivity contribution in [2.45, 2.75) is 65.0 Å². The molecule has 1 aromatic carbocycles. The van der Waals surface area contributed by atoms with Crippen molar-refractivity contribution in [3.8, 4) is 0 Å². The van der Waals surface area contributed by atoms with Gasteiger partial charge in [-0.1, -0.05) is 24.6 Å². The average molecular weight is 433 g/mol. The van der Waals surface area contributed by atoms with Gasteiger partial charge in [-0.05, 0) is 69.8 Å². The van der Waals surface area contributed by atoms with Crippen LogP contribution < -0.4 is 5.43 Å². The lowest BCUT2D eigenvalue weighted by molar-refractivity contribution is 0.124. The minimum Gasteiger partial charge on any atom is -0.392 e. The zero-order valence-electron chi connectivity index (χ0n) is 18.2. The monoisotopic (exact) mass is 432 g/mol. The molecule has 0 bridgehead atoms. The molecular weight excluding hydrogens is 400 g/mol. The van der Waals surface area contributed by atoms with Gasteiger partial charge in [0.05, 0.1) is 12.1 Å². The number of halogens is 1. The van der Waals surface area contributed by atoms with E-state index in [2.05, 4.69) is 23.3 Å². The van der Waals surface area contributed by atoms with Crippen molar-refractivity contribution in [3.63, 3.8) is 0 Å². The molecule has 2 amide bonds. The smallest absolute Gasteiger partial charge is 0.336 e. The molecule has 4 rings (SSSR count). The van der Waals surface area contributed by atoms with E-state index in [1.807, 2.05) is 19.9 Å². The molecule has 164 valence electrons. The standard InChI is InChI=1S/C23H33ClN4O2/c1-4-9-27-10-7-8-16-17-11-15(14-29)12-20-21(17)18(13-19(16)27)22(24)28(20)25-23(30)26(5-2)6-3/h11-12,16,19,29H,4-10,13-14H2,1-3H3,(H,25,30)/t16-,19-/m1/s1. The molecule has 0 radical (unpaired) electrons. The lowest BCUT2D eigenvalue weighted by Gasteiger charge is -2.44. The molecule has 30 heavy (non-hydrogen) atoms. The number of fused-ring (bicyclic) bond motifs is 2. The minimum atomic E-state index is -0.162. The van der Waals surface area contributed by atoms with Gasteiger partial charge in [-0.15, -0.1) is 0 Å². The number of aliphatic hydroxyl groups is 1. The lowest BCUT2D eigenvalue weighted by atomic mass is 9.74. The molecule has 2 N–H and O–H groups in total. The number of likely N-dealkylation sites (tertiary alicyclic amines) is 1. The Kier molecular flexibility index (Phi) is 6.28. The number of nitrogens with zero attached hydrogens (tertiary/aromatic N) is 3. The highest BCUT2D eigenvalue weighted by Gasteiger charge is 2.39. The van der Waals surface area contributed by atoms with Crippen LogP contribution in [-0.2, 0) is 13.0 Å². The molecule has 1 fully saturated rings. The van der Waals surface area contributed by atoms with Gasteiger partial charge in [-0.3, -0.25) is 4.90 Å². The number of piperidine rings is 1. The fraction of sp³-hybridized carbons (Fsp3) is 0.609. The third-order valence-corrected chi connectivity index (χ3v) is 7.25. The highest BCUT2D eigenvalue weighted by molar-refractivity contribution is 6.32. The second-order valence-electron chi connectivity index (χ2n) is 8.49. The van der Waals surface area contributed by atoms with E-state index in [-0.39, 0.29) is 12.6 Å². The number of nitrogens with one attached hydrogen (secondary N) is 1. The molecule has 2 aliphatic rings. The normalized spacial score (nSPS) is 21.0. The third kappa shape index (κ3) is 3.49. The van der Waals surface area contributed by atoms with E-state index in [0.717, 1.165) is 54.4 Å².